The Morgan fingerprint density at radius 1 is 1.24 bits per heavy atom. The third kappa shape index (κ3) is 6.45. The molecular weight excluding hydrogens is 472 g/mol. The predicted molar refractivity (Wildman–Crippen MR) is 118 cm³/mol. The first-order valence-electron chi connectivity index (χ1n) is 8.44. The monoisotopic (exact) mass is 499 g/mol. The van der Waals surface area contributed by atoms with Crippen LogP contribution in [0.2, 0.25) is 10.0 Å². The van der Waals surface area contributed by atoms with Crippen LogP contribution in [0.3, 0.4) is 0 Å². The summed E-state index contributed by atoms with van der Waals surface area (Å²) in [6.45, 7) is 7.46. The molecule has 0 radical (unpaired) electrons. The summed E-state index contributed by atoms with van der Waals surface area (Å²) < 4.78 is 5.58. The van der Waals surface area contributed by atoms with E-state index >= 15 is 0 Å². The largest absolute Gasteiger partial charge is 0.381 e. The zero-order valence-corrected chi connectivity index (χ0v) is 18.9. The number of hydrogen-bond acceptors (Lipinski definition) is 2. The smallest absolute Gasteiger partial charge is 0.191 e. The Morgan fingerprint density at radius 3 is 2.48 bits per heavy atom. The fourth-order valence-electron chi connectivity index (χ4n) is 3.00. The van der Waals surface area contributed by atoms with Crippen LogP contribution in [0.1, 0.15) is 32.3 Å². The maximum absolute atomic E-state index is 6.51. The van der Waals surface area contributed by atoms with Crippen LogP contribution in [0.4, 0.5) is 0 Å². The molecule has 1 aromatic rings. The number of nitrogens with zero attached hydrogens (tertiary/aromatic N) is 1. The van der Waals surface area contributed by atoms with Gasteiger partial charge in [-0.25, -0.2) is 0 Å². The van der Waals surface area contributed by atoms with Crippen molar-refractivity contribution >= 4 is 53.1 Å². The minimum atomic E-state index is -0.0740. The Kier molecular flexibility index (Phi) is 9.85. The van der Waals surface area contributed by atoms with Gasteiger partial charge in [0.2, 0.25) is 0 Å². The molecule has 0 unspecified atom stereocenters. The van der Waals surface area contributed by atoms with Gasteiger partial charge in [0, 0.05) is 48.8 Å². The fraction of sp³-hybridized carbons (Fsp3) is 0.611. The Hall–Kier alpha value is -0.240. The first kappa shape index (κ1) is 22.8. The summed E-state index contributed by atoms with van der Waals surface area (Å²) in [6, 6.07) is 5.77. The van der Waals surface area contributed by atoms with Crippen LogP contribution in [0.15, 0.2) is 23.2 Å². The molecular formula is C18H28Cl2IN3O. The number of aliphatic imine (C=N–C) groups is 1. The Labute approximate surface area is 178 Å². The van der Waals surface area contributed by atoms with E-state index in [-0.39, 0.29) is 29.4 Å². The van der Waals surface area contributed by atoms with Crippen molar-refractivity contribution in [3.8, 4) is 0 Å². The number of benzene rings is 1. The second kappa shape index (κ2) is 10.8. The van der Waals surface area contributed by atoms with Gasteiger partial charge in [-0.05, 0) is 36.5 Å². The molecule has 4 nitrogen and oxygen atoms in total. The van der Waals surface area contributed by atoms with E-state index in [4.69, 9.17) is 27.9 Å². The molecule has 1 aliphatic heterocycles. The molecule has 0 atom stereocenters. The van der Waals surface area contributed by atoms with E-state index in [2.05, 4.69) is 29.5 Å². The summed E-state index contributed by atoms with van der Waals surface area (Å²) in [4.78, 5) is 4.31. The van der Waals surface area contributed by atoms with Crippen LogP contribution in [0, 0.1) is 5.92 Å². The molecule has 0 amide bonds. The van der Waals surface area contributed by atoms with Crippen molar-refractivity contribution < 1.29 is 4.74 Å². The zero-order chi connectivity index (χ0) is 17.6. The molecule has 0 bridgehead atoms. The van der Waals surface area contributed by atoms with Crippen LogP contribution in [0.5, 0.6) is 0 Å². The molecule has 1 aromatic carbocycles. The van der Waals surface area contributed by atoms with Crippen LogP contribution in [-0.2, 0) is 10.2 Å². The number of halogens is 3. The fourth-order valence-corrected chi connectivity index (χ4v) is 3.61. The van der Waals surface area contributed by atoms with Gasteiger partial charge in [-0.2, -0.15) is 0 Å². The summed E-state index contributed by atoms with van der Waals surface area (Å²) in [7, 11) is 1.79. The minimum absolute atomic E-state index is 0. The second-order valence-electron chi connectivity index (χ2n) is 6.72. The van der Waals surface area contributed by atoms with Gasteiger partial charge in [-0.3, -0.25) is 4.99 Å². The highest BCUT2D eigenvalue weighted by Crippen LogP contribution is 2.39. The van der Waals surface area contributed by atoms with E-state index < -0.39 is 0 Å². The second-order valence-corrected chi connectivity index (χ2v) is 7.56. The lowest BCUT2D eigenvalue weighted by atomic mass is 9.74. The Balaban J connectivity index is 0.00000312. The molecule has 1 heterocycles. The first-order valence-corrected chi connectivity index (χ1v) is 9.20. The van der Waals surface area contributed by atoms with Crippen LogP contribution >= 0.6 is 47.2 Å². The van der Waals surface area contributed by atoms with Crippen LogP contribution in [-0.4, -0.2) is 39.3 Å². The molecule has 1 saturated heterocycles. The van der Waals surface area contributed by atoms with E-state index in [0.717, 1.165) is 55.7 Å². The highest BCUT2D eigenvalue weighted by Gasteiger charge is 2.36. The standard InChI is InChI=1S/C18H27Cl2N3O.HI/c1-13(2)11-22-17(21-3)23-12-18(6-8-24-9-7-18)15-5-4-14(19)10-16(15)20;/h4-5,10,13H,6-9,11-12H2,1-3H3,(H2,21,22,23);1H. The van der Waals surface area contributed by atoms with Crippen molar-refractivity contribution in [1.82, 2.24) is 10.6 Å². The van der Waals surface area contributed by atoms with Gasteiger partial charge in [0.05, 0.1) is 0 Å². The molecule has 2 N–H and O–H groups in total. The number of nitrogens with one attached hydrogen (secondary N) is 2. The molecule has 0 saturated carbocycles. The summed E-state index contributed by atoms with van der Waals surface area (Å²) >= 11 is 12.6. The van der Waals surface area contributed by atoms with E-state index in [0.29, 0.717) is 10.9 Å². The Bertz CT molecular complexity index is 575. The zero-order valence-electron chi connectivity index (χ0n) is 15.1. The summed E-state index contributed by atoms with van der Waals surface area (Å²) in [5, 5.41) is 8.20. The molecule has 2 rings (SSSR count). The third-order valence-corrected chi connectivity index (χ3v) is 5.00. The third-order valence-electron chi connectivity index (χ3n) is 4.45. The first-order chi connectivity index (χ1) is 11.5. The molecule has 25 heavy (non-hydrogen) atoms. The van der Waals surface area contributed by atoms with Crippen molar-refractivity contribution in [3.05, 3.63) is 33.8 Å². The number of hydrogen-bond donors (Lipinski definition) is 2. The van der Waals surface area contributed by atoms with Gasteiger partial charge in [-0.15, -0.1) is 24.0 Å². The quantitative estimate of drug-likeness (QED) is 0.356. The molecule has 0 aromatic heterocycles. The van der Waals surface area contributed by atoms with Gasteiger partial charge < -0.3 is 15.4 Å². The lowest BCUT2D eigenvalue weighted by Crippen LogP contribution is -2.48. The number of guanidine groups is 1. The summed E-state index contributed by atoms with van der Waals surface area (Å²) in [5.41, 5.74) is 1.05. The van der Waals surface area contributed by atoms with Gasteiger partial charge in [0.25, 0.3) is 0 Å². The average molecular weight is 500 g/mol. The minimum Gasteiger partial charge on any atom is -0.381 e. The molecule has 0 aliphatic carbocycles. The molecule has 7 heteroatoms. The summed E-state index contributed by atoms with van der Waals surface area (Å²) in [5.74, 6) is 1.38. The molecule has 142 valence electrons. The molecule has 1 fully saturated rings. The van der Waals surface area contributed by atoms with Crippen molar-refractivity contribution in [3.63, 3.8) is 0 Å². The van der Waals surface area contributed by atoms with Crippen molar-refractivity contribution in [2.75, 3.05) is 33.4 Å². The van der Waals surface area contributed by atoms with Crippen molar-refractivity contribution in [1.29, 1.82) is 0 Å². The number of ether oxygens (including phenoxy) is 1. The van der Waals surface area contributed by atoms with Crippen molar-refractivity contribution in [2.24, 2.45) is 10.9 Å². The van der Waals surface area contributed by atoms with Gasteiger partial charge in [0.15, 0.2) is 5.96 Å². The van der Waals surface area contributed by atoms with Crippen LogP contribution in [0.25, 0.3) is 0 Å². The average Bonchev–Trinajstić information content (AvgIpc) is 2.55. The van der Waals surface area contributed by atoms with E-state index in [1.807, 2.05) is 18.2 Å². The lowest BCUT2D eigenvalue weighted by molar-refractivity contribution is 0.0514. The van der Waals surface area contributed by atoms with Gasteiger partial charge in [0.1, 0.15) is 0 Å². The van der Waals surface area contributed by atoms with Gasteiger partial charge >= 0.3 is 0 Å². The molecule has 0 spiro atoms. The summed E-state index contributed by atoms with van der Waals surface area (Å²) in [6.07, 6.45) is 1.84. The lowest BCUT2D eigenvalue weighted by Gasteiger charge is -2.39. The van der Waals surface area contributed by atoms with E-state index in [1.165, 1.54) is 0 Å². The maximum Gasteiger partial charge on any atom is 0.191 e. The van der Waals surface area contributed by atoms with Crippen LogP contribution < -0.4 is 10.6 Å². The topological polar surface area (TPSA) is 45.7 Å². The Morgan fingerprint density at radius 2 is 1.92 bits per heavy atom. The van der Waals surface area contributed by atoms with Gasteiger partial charge in [-0.1, -0.05) is 43.1 Å². The maximum atomic E-state index is 6.51. The highest BCUT2D eigenvalue weighted by atomic mass is 127. The normalized spacial score (nSPS) is 17.1. The SMILES string of the molecule is CN=C(NCC(C)C)NCC1(c2ccc(Cl)cc2Cl)CCOCC1.I. The number of rotatable bonds is 5. The highest BCUT2D eigenvalue weighted by molar-refractivity contribution is 14.0. The van der Waals surface area contributed by atoms with E-state index in [1.54, 1.807) is 7.05 Å². The van der Waals surface area contributed by atoms with Crippen molar-refractivity contribution in [2.45, 2.75) is 32.1 Å². The predicted octanol–water partition coefficient (Wildman–Crippen LogP) is 4.48. The van der Waals surface area contributed by atoms with E-state index in [9.17, 15) is 0 Å². The molecule has 1 aliphatic rings.